The number of benzene rings is 1. The largest absolute Gasteiger partial charge is 0.372 e. The third-order valence-corrected chi connectivity index (χ3v) is 3.05. The van der Waals surface area contributed by atoms with Crippen molar-refractivity contribution in [2.75, 3.05) is 17.7 Å². The quantitative estimate of drug-likeness (QED) is 0.769. The summed E-state index contributed by atoms with van der Waals surface area (Å²) in [6.45, 7) is 0. The minimum atomic E-state index is -0.302. The summed E-state index contributed by atoms with van der Waals surface area (Å²) in [6, 6.07) is 7.52. The molecule has 0 bridgehead atoms. The maximum Gasteiger partial charge on any atom is 0.275 e. The maximum atomic E-state index is 12.3. The molecule has 0 atom stereocenters. The number of pyridine rings is 1. The second-order valence-electron chi connectivity index (χ2n) is 4.40. The van der Waals surface area contributed by atoms with E-state index in [4.69, 9.17) is 0 Å². The molecule has 0 spiro atoms. The average Bonchev–Trinajstić information content (AvgIpc) is 2.55. The zero-order valence-corrected chi connectivity index (χ0v) is 11.4. The van der Waals surface area contributed by atoms with Gasteiger partial charge >= 0.3 is 0 Å². The maximum absolute atomic E-state index is 12.3. The number of hydrogen-bond donors (Lipinski definition) is 2. The fourth-order valence-corrected chi connectivity index (χ4v) is 2.01. The van der Waals surface area contributed by atoms with E-state index in [1.54, 1.807) is 25.6 Å². The van der Waals surface area contributed by atoms with Crippen molar-refractivity contribution in [3.63, 3.8) is 0 Å². The predicted molar refractivity (Wildman–Crippen MR) is 81.3 cm³/mol. The van der Waals surface area contributed by atoms with Gasteiger partial charge in [0.25, 0.3) is 5.91 Å². The molecular formula is C15H13N5O. The van der Waals surface area contributed by atoms with E-state index in [0.29, 0.717) is 5.82 Å². The van der Waals surface area contributed by atoms with E-state index in [1.165, 1.54) is 6.20 Å². The number of fused-ring (bicyclic) bond motifs is 1. The molecule has 0 aliphatic heterocycles. The van der Waals surface area contributed by atoms with Gasteiger partial charge in [0, 0.05) is 35.9 Å². The van der Waals surface area contributed by atoms with E-state index >= 15 is 0 Å². The van der Waals surface area contributed by atoms with E-state index in [9.17, 15) is 4.79 Å². The number of hydrogen-bond acceptors (Lipinski definition) is 5. The van der Waals surface area contributed by atoms with Crippen molar-refractivity contribution in [2.24, 2.45) is 0 Å². The Morgan fingerprint density at radius 3 is 2.86 bits per heavy atom. The van der Waals surface area contributed by atoms with Gasteiger partial charge in [-0.15, -0.1) is 0 Å². The van der Waals surface area contributed by atoms with Crippen molar-refractivity contribution >= 4 is 28.2 Å². The zero-order valence-electron chi connectivity index (χ0n) is 11.4. The van der Waals surface area contributed by atoms with Crippen molar-refractivity contribution in [1.29, 1.82) is 0 Å². The number of rotatable bonds is 3. The lowest BCUT2D eigenvalue weighted by Crippen LogP contribution is -2.15. The van der Waals surface area contributed by atoms with Crippen molar-refractivity contribution in [3.05, 3.63) is 54.7 Å². The number of nitrogens with zero attached hydrogens (tertiary/aromatic N) is 3. The number of carbonyl (C=O) groups excluding carboxylic acids is 1. The third-order valence-electron chi connectivity index (χ3n) is 3.05. The lowest BCUT2D eigenvalue weighted by atomic mass is 10.1. The molecule has 0 aliphatic rings. The SMILES string of the molecule is CNc1cncc(C(=O)Nc2cccc3cnccc23)n1. The lowest BCUT2D eigenvalue weighted by Gasteiger charge is -2.08. The highest BCUT2D eigenvalue weighted by atomic mass is 16.1. The Kier molecular flexibility index (Phi) is 3.42. The molecule has 1 aromatic carbocycles. The van der Waals surface area contributed by atoms with Gasteiger partial charge in [0.15, 0.2) is 0 Å². The lowest BCUT2D eigenvalue weighted by molar-refractivity contribution is 0.102. The van der Waals surface area contributed by atoms with Crippen LogP contribution in [0.25, 0.3) is 10.8 Å². The van der Waals surface area contributed by atoms with Crippen molar-refractivity contribution in [2.45, 2.75) is 0 Å². The summed E-state index contributed by atoms with van der Waals surface area (Å²) in [6.07, 6.45) is 6.44. The smallest absolute Gasteiger partial charge is 0.275 e. The highest BCUT2D eigenvalue weighted by Crippen LogP contribution is 2.22. The fourth-order valence-electron chi connectivity index (χ4n) is 2.01. The van der Waals surface area contributed by atoms with Crippen LogP contribution in [-0.4, -0.2) is 27.9 Å². The second-order valence-corrected chi connectivity index (χ2v) is 4.40. The third kappa shape index (κ3) is 2.64. The Morgan fingerprint density at radius 2 is 2.00 bits per heavy atom. The summed E-state index contributed by atoms with van der Waals surface area (Å²) < 4.78 is 0. The van der Waals surface area contributed by atoms with Gasteiger partial charge in [0.05, 0.1) is 12.4 Å². The molecule has 6 nitrogen and oxygen atoms in total. The average molecular weight is 279 g/mol. The topological polar surface area (TPSA) is 79.8 Å². The van der Waals surface area contributed by atoms with Gasteiger partial charge in [-0.05, 0) is 12.1 Å². The number of nitrogens with one attached hydrogen (secondary N) is 2. The van der Waals surface area contributed by atoms with Crippen LogP contribution >= 0.6 is 0 Å². The zero-order chi connectivity index (χ0) is 14.7. The molecule has 3 aromatic rings. The molecule has 0 unspecified atom stereocenters. The van der Waals surface area contributed by atoms with Crippen LogP contribution in [0.3, 0.4) is 0 Å². The molecular weight excluding hydrogens is 266 g/mol. The monoisotopic (exact) mass is 279 g/mol. The molecule has 2 aromatic heterocycles. The first-order valence-electron chi connectivity index (χ1n) is 6.42. The van der Waals surface area contributed by atoms with Crippen LogP contribution in [0.15, 0.2) is 49.1 Å². The van der Waals surface area contributed by atoms with Crippen LogP contribution in [0, 0.1) is 0 Å². The van der Waals surface area contributed by atoms with Gasteiger partial charge in [0.1, 0.15) is 11.5 Å². The molecule has 2 N–H and O–H groups in total. The summed E-state index contributed by atoms with van der Waals surface area (Å²) >= 11 is 0. The van der Waals surface area contributed by atoms with Crippen LogP contribution in [0.1, 0.15) is 10.5 Å². The van der Waals surface area contributed by atoms with Crippen molar-refractivity contribution in [1.82, 2.24) is 15.0 Å². The summed E-state index contributed by atoms with van der Waals surface area (Å²) in [5.41, 5.74) is 0.976. The summed E-state index contributed by atoms with van der Waals surface area (Å²) in [5.74, 6) is 0.244. The molecule has 2 heterocycles. The molecule has 21 heavy (non-hydrogen) atoms. The Hall–Kier alpha value is -3.02. The Balaban J connectivity index is 1.93. The van der Waals surface area contributed by atoms with Crippen molar-refractivity contribution < 1.29 is 4.79 Å². The number of carbonyl (C=O) groups is 1. The summed E-state index contributed by atoms with van der Waals surface area (Å²) in [5, 5.41) is 7.60. The van der Waals surface area contributed by atoms with Crippen LogP contribution in [0.5, 0.6) is 0 Å². The molecule has 6 heteroatoms. The van der Waals surface area contributed by atoms with E-state index in [1.807, 2.05) is 24.3 Å². The Bertz CT molecular complexity index is 797. The molecule has 104 valence electrons. The normalized spacial score (nSPS) is 10.3. The number of amides is 1. The van der Waals surface area contributed by atoms with Gasteiger partial charge in [-0.1, -0.05) is 12.1 Å². The predicted octanol–water partition coefficient (Wildman–Crippen LogP) is 2.32. The molecule has 0 fully saturated rings. The minimum Gasteiger partial charge on any atom is -0.372 e. The van der Waals surface area contributed by atoms with Crippen LogP contribution in [-0.2, 0) is 0 Å². The van der Waals surface area contributed by atoms with Gasteiger partial charge < -0.3 is 10.6 Å². The highest BCUT2D eigenvalue weighted by Gasteiger charge is 2.10. The van der Waals surface area contributed by atoms with Crippen LogP contribution in [0.2, 0.25) is 0 Å². The van der Waals surface area contributed by atoms with Crippen molar-refractivity contribution in [3.8, 4) is 0 Å². The van der Waals surface area contributed by atoms with E-state index < -0.39 is 0 Å². The highest BCUT2D eigenvalue weighted by molar-refractivity contribution is 6.08. The van der Waals surface area contributed by atoms with Gasteiger partial charge in [0.2, 0.25) is 0 Å². The standard InChI is InChI=1S/C15H13N5O/c1-16-14-9-18-8-13(19-14)15(21)20-12-4-2-3-10-7-17-6-5-11(10)12/h2-9H,1H3,(H,16,19)(H,20,21). The summed E-state index contributed by atoms with van der Waals surface area (Å²) in [4.78, 5) is 24.5. The van der Waals surface area contributed by atoms with Crippen LogP contribution in [0.4, 0.5) is 11.5 Å². The summed E-state index contributed by atoms with van der Waals surface area (Å²) in [7, 11) is 1.73. The van der Waals surface area contributed by atoms with E-state index in [2.05, 4.69) is 25.6 Å². The first kappa shape index (κ1) is 13.0. The first-order valence-corrected chi connectivity index (χ1v) is 6.42. The Morgan fingerprint density at radius 1 is 1.10 bits per heavy atom. The first-order chi connectivity index (χ1) is 10.3. The molecule has 1 amide bonds. The number of anilines is 2. The number of aromatic nitrogens is 3. The van der Waals surface area contributed by atoms with Gasteiger partial charge in [-0.25, -0.2) is 4.98 Å². The van der Waals surface area contributed by atoms with Crippen LogP contribution < -0.4 is 10.6 Å². The minimum absolute atomic E-state index is 0.257. The fraction of sp³-hybridized carbons (Fsp3) is 0.0667. The van der Waals surface area contributed by atoms with Gasteiger partial charge in [-0.3, -0.25) is 14.8 Å². The van der Waals surface area contributed by atoms with E-state index in [-0.39, 0.29) is 11.6 Å². The molecule has 0 aliphatic carbocycles. The molecule has 0 saturated carbocycles. The van der Waals surface area contributed by atoms with Gasteiger partial charge in [-0.2, -0.15) is 0 Å². The molecule has 0 saturated heterocycles. The van der Waals surface area contributed by atoms with E-state index in [0.717, 1.165) is 16.5 Å². The molecule has 0 radical (unpaired) electrons. The second kappa shape index (κ2) is 5.54. The Labute approximate surface area is 121 Å². The molecule has 3 rings (SSSR count).